The van der Waals surface area contributed by atoms with Crippen molar-refractivity contribution < 1.29 is 18.4 Å². The normalized spacial score (nSPS) is 26.4. The smallest absolute Gasteiger partial charge is 0.237 e. The molecule has 1 heterocycles. The molecule has 2 aliphatic rings. The molecule has 1 aromatic rings. The number of rotatable bonds is 1. The molecule has 2 amide bonds. The lowest BCUT2D eigenvalue weighted by Gasteiger charge is -2.17. The minimum absolute atomic E-state index is 0.0389. The van der Waals surface area contributed by atoms with Gasteiger partial charge in [-0.15, -0.1) is 0 Å². The highest BCUT2D eigenvalue weighted by Gasteiger charge is 2.59. The number of piperidine rings is 1. The van der Waals surface area contributed by atoms with E-state index in [0.29, 0.717) is 6.42 Å². The molecule has 0 spiro atoms. The molecule has 2 fully saturated rings. The summed E-state index contributed by atoms with van der Waals surface area (Å²) in [4.78, 5) is 24.2. The highest BCUT2D eigenvalue weighted by Crippen LogP contribution is 2.48. The average molecular weight is 302 g/mol. The lowest BCUT2D eigenvalue weighted by molar-refractivity contribution is -0.123. The van der Waals surface area contributed by atoms with Crippen molar-refractivity contribution in [2.75, 3.05) is 4.90 Å². The Bertz CT molecular complexity index is 541. The Kier molecular flexibility index (Phi) is 2.13. The zero-order valence-corrected chi connectivity index (χ0v) is 10.0. The van der Waals surface area contributed by atoms with Gasteiger partial charge in [-0.1, -0.05) is 0 Å². The molecule has 3 nitrogen and oxygen atoms in total. The number of halogens is 3. The van der Waals surface area contributed by atoms with Crippen LogP contribution in [0.5, 0.6) is 0 Å². The van der Waals surface area contributed by atoms with Crippen molar-refractivity contribution in [3.8, 4) is 0 Å². The fourth-order valence-corrected chi connectivity index (χ4v) is 2.42. The molecule has 0 N–H and O–H groups in total. The summed E-state index contributed by atoms with van der Waals surface area (Å²) in [7, 11) is 0. The average Bonchev–Trinajstić information content (AvgIpc) is 3.00. The van der Waals surface area contributed by atoms with Gasteiger partial charge < -0.3 is 0 Å². The topological polar surface area (TPSA) is 37.4 Å². The fraction of sp³-hybridized carbons (Fsp3) is 0.273. The van der Waals surface area contributed by atoms with Crippen LogP contribution in [0.15, 0.2) is 16.6 Å². The largest absolute Gasteiger partial charge is 0.274 e. The van der Waals surface area contributed by atoms with Crippen LogP contribution in [0.2, 0.25) is 0 Å². The maximum absolute atomic E-state index is 13.6. The van der Waals surface area contributed by atoms with Gasteiger partial charge in [0, 0.05) is 6.07 Å². The molecule has 88 valence electrons. The van der Waals surface area contributed by atoms with Crippen molar-refractivity contribution in [3.63, 3.8) is 0 Å². The van der Waals surface area contributed by atoms with Crippen LogP contribution in [-0.2, 0) is 9.59 Å². The number of amides is 2. The van der Waals surface area contributed by atoms with Gasteiger partial charge >= 0.3 is 0 Å². The molecule has 1 saturated carbocycles. The summed E-state index contributed by atoms with van der Waals surface area (Å²) in [6.45, 7) is 0. The van der Waals surface area contributed by atoms with E-state index in [9.17, 15) is 18.4 Å². The van der Waals surface area contributed by atoms with E-state index >= 15 is 0 Å². The van der Waals surface area contributed by atoms with Gasteiger partial charge in [0.2, 0.25) is 11.8 Å². The standard InChI is InChI=1S/C11H6BrF2NO2/c12-6-2-8(14)9(3-7(6)13)15-10(16)4-1-5(4)11(15)17/h2-5H,1H2. The van der Waals surface area contributed by atoms with Gasteiger partial charge in [0.05, 0.1) is 22.0 Å². The molecule has 2 unspecified atom stereocenters. The van der Waals surface area contributed by atoms with Crippen LogP contribution in [0.3, 0.4) is 0 Å². The Morgan fingerprint density at radius 1 is 1.12 bits per heavy atom. The second kappa shape index (κ2) is 3.35. The van der Waals surface area contributed by atoms with Crippen molar-refractivity contribution in [2.24, 2.45) is 11.8 Å². The molecule has 0 bridgehead atoms. The van der Waals surface area contributed by atoms with Gasteiger partial charge in [-0.05, 0) is 28.4 Å². The molecule has 6 heteroatoms. The minimum Gasteiger partial charge on any atom is -0.274 e. The number of anilines is 1. The van der Waals surface area contributed by atoms with Crippen molar-refractivity contribution in [3.05, 3.63) is 28.2 Å². The first kappa shape index (κ1) is 10.8. The number of carbonyl (C=O) groups excluding carboxylic acids is 2. The summed E-state index contributed by atoms with van der Waals surface area (Å²) in [5.41, 5.74) is -0.298. The number of carbonyl (C=O) groups is 2. The van der Waals surface area contributed by atoms with Crippen LogP contribution in [0.4, 0.5) is 14.5 Å². The molecule has 2 atom stereocenters. The van der Waals surface area contributed by atoms with Crippen molar-refractivity contribution >= 4 is 33.4 Å². The minimum atomic E-state index is -0.790. The second-order valence-corrected chi connectivity index (χ2v) is 5.03. The van der Waals surface area contributed by atoms with Crippen LogP contribution in [0.25, 0.3) is 0 Å². The van der Waals surface area contributed by atoms with Gasteiger partial charge in [0.25, 0.3) is 0 Å². The maximum atomic E-state index is 13.6. The van der Waals surface area contributed by atoms with Gasteiger partial charge in [-0.25, -0.2) is 13.7 Å². The van der Waals surface area contributed by atoms with Crippen molar-refractivity contribution in [2.45, 2.75) is 6.42 Å². The first-order valence-corrected chi connectivity index (χ1v) is 5.82. The molecular formula is C11H6BrF2NO2. The van der Waals surface area contributed by atoms with Gasteiger partial charge in [0.15, 0.2) is 0 Å². The van der Waals surface area contributed by atoms with E-state index in [2.05, 4.69) is 15.9 Å². The monoisotopic (exact) mass is 301 g/mol. The van der Waals surface area contributed by atoms with Crippen LogP contribution in [0, 0.1) is 23.5 Å². The van der Waals surface area contributed by atoms with Crippen molar-refractivity contribution in [1.82, 2.24) is 0 Å². The third kappa shape index (κ3) is 1.43. The number of nitrogens with zero attached hydrogens (tertiary/aromatic N) is 1. The van der Waals surface area contributed by atoms with Crippen molar-refractivity contribution in [1.29, 1.82) is 0 Å². The summed E-state index contributed by atoms with van der Waals surface area (Å²) < 4.78 is 26.9. The summed E-state index contributed by atoms with van der Waals surface area (Å²) >= 11 is 2.84. The van der Waals surface area contributed by atoms with E-state index in [0.717, 1.165) is 17.0 Å². The Hall–Kier alpha value is -1.30. The Morgan fingerprint density at radius 2 is 1.71 bits per heavy atom. The summed E-state index contributed by atoms with van der Waals surface area (Å²) in [6, 6.07) is 1.77. The highest BCUT2D eigenvalue weighted by molar-refractivity contribution is 9.10. The number of hydrogen-bond donors (Lipinski definition) is 0. The predicted octanol–water partition coefficient (Wildman–Crippen LogP) is 2.24. The Labute approximate surface area is 104 Å². The lowest BCUT2D eigenvalue weighted by Crippen LogP contribution is -2.33. The van der Waals surface area contributed by atoms with Gasteiger partial charge in [0.1, 0.15) is 11.6 Å². The molecular weight excluding hydrogens is 296 g/mol. The zero-order valence-electron chi connectivity index (χ0n) is 8.41. The van der Waals surface area contributed by atoms with Crippen LogP contribution in [-0.4, -0.2) is 11.8 Å². The van der Waals surface area contributed by atoms with Crippen LogP contribution >= 0.6 is 15.9 Å². The predicted molar refractivity (Wildman–Crippen MR) is 58.1 cm³/mol. The first-order chi connectivity index (χ1) is 8.00. The Balaban J connectivity index is 2.08. The number of fused-ring (bicyclic) bond motifs is 1. The van der Waals surface area contributed by atoms with E-state index in [1.807, 2.05) is 0 Å². The SMILES string of the molecule is O=C1C2CC2C(=O)N1c1cc(F)c(Br)cc1F. The lowest BCUT2D eigenvalue weighted by atomic mass is 10.2. The summed E-state index contributed by atoms with van der Waals surface area (Å²) in [5, 5.41) is 0. The third-order valence-corrected chi connectivity index (χ3v) is 3.70. The maximum Gasteiger partial charge on any atom is 0.237 e. The Morgan fingerprint density at radius 3 is 2.29 bits per heavy atom. The molecule has 0 aromatic heterocycles. The van der Waals surface area contributed by atoms with E-state index < -0.39 is 23.4 Å². The fourth-order valence-electron chi connectivity index (χ4n) is 2.10. The van der Waals surface area contributed by atoms with Crippen LogP contribution < -0.4 is 4.90 Å². The van der Waals surface area contributed by atoms with E-state index in [1.54, 1.807) is 0 Å². The van der Waals surface area contributed by atoms with E-state index in [-0.39, 0.29) is 22.0 Å². The summed E-state index contributed by atoms with van der Waals surface area (Å²) in [6.07, 6.45) is 0.537. The molecule has 1 aliphatic heterocycles. The molecule has 3 rings (SSSR count). The number of benzene rings is 1. The molecule has 0 radical (unpaired) electrons. The second-order valence-electron chi connectivity index (χ2n) is 4.18. The van der Waals surface area contributed by atoms with E-state index in [4.69, 9.17) is 0 Å². The zero-order chi connectivity index (χ0) is 12.3. The molecule has 1 aliphatic carbocycles. The summed E-state index contributed by atoms with van der Waals surface area (Å²) in [5.74, 6) is -3.01. The van der Waals surface area contributed by atoms with Crippen LogP contribution in [0.1, 0.15) is 6.42 Å². The molecule has 1 saturated heterocycles. The first-order valence-electron chi connectivity index (χ1n) is 5.03. The highest BCUT2D eigenvalue weighted by atomic mass is 79.9. The van der Waals surface area contributed by atoms with E-state index in [1.165, 1.54) is 0 Å². The quantitative estimate of drug-likeness (QED) is 0.589. The number of imide groups is 1. The van der Waals surface area contributed by atoms with Gasteiger partial charge in [-0.3, -0.25) is 9.59 Å². The third-order valence-electron chi connectivity index (χ3n) is 3.10. The molecule has 1 aromatic carbocycles. The number of hydrogen-bond acceptors (Lipinski definition) is 2. The van der Waals surface area contributed by atoms with Gasteiger partial charge in [-0.2, -0.15) is 0 Å². The molecule has 17 heavy (non-hydrogen) atoms.